The van der Waals surface area contributed by atoms with E-state index in [-0.39, 0.29) is 5.91 Å². The number of amides is 1. The first-order valence-corrected chi connectivity index (χ1v) is 7.54. The van der Waals surface area contributed by atoms with Gasteiger partial charge in [0.1, 0.15) is 5.75 Å². The molecular formula is C16H24N2O2. The first-order valence-electron chi connectivity index (χ1n) is 7.54. The highest BCUT2D eigenvalue weighted by atomic mass is 16.5. The van der Waals surface area contributed by atoms with Crippen LogP contribution in [0.15, 0.2) is 24.3 Å². The summed E-state index contributed by atoms with van der Waals surface area (Å²) in [4.78, 5) is 14.1. The van der Waals surface area contributed by atoms with Gasteiger partial charge in [0.15, 0.2) is 0 Å². The largest absolute Gasteiger partial charge is 0.494 e. The second-order valence-corrected chi connectivity index (χ2v) is 5.08. The van der Waals surface area contributed by atoms with Crippen LogP contribution in [0.25, 0.3) is 0 Å². The van der Waals surface area contributed by atoms with E-state index in [0.29, 0.717) is 6.61 Å². The van der Waals surface area contributed by atoms with E-state index in [0.717, 1.165) is 56.8 Å². The molecule has 1 heterocycles. The normalized spacial score (nSPS) is 14.6. The molecule has 1 amide bonds. The SMILES string of the molecule is CCNCCCOc1ccc(C(=O)N2CCCC2)cc1. The number of likely N-dealkylation sites (tertiary alicyclic amines) is 1. The molecule has 20 heavy (non-hydrogen) atoms. The maximum Gasteiger partial charge on any atom is 0.253 e. The van der Waals surface area contributed by atoms with Crippen molar-refractivity contribution in [1.82, 2.24) is 10.2 Å². The monoisotopic (exact) mass is 276 g/mol. The Morgan fingerprint density at radius 1 is 1.25 bits per heavy atom. The summed E-state index contributed by atoms with van der Waals surface area (Å²) in [7, 11) is 0. The van der Waals surface area contributed by atoms with Gasteiger partial charge in [-0.15, -0.1) is 0 Å². The lowest BCUT2D eigenvalue weighted by Gasteiger charge is -2.15. The molecule has 1 N–H and O–H groups in total. The van der Waals surface area contributed by atoms with Crippen molar-refractivity contribution >= 4 is 5.91 Å². The van der Waals surface area contributed by atoms with E-state index in [4.69, 9.17) is 4.74 Å². The lowest BCUT2D eigenvalue weighted by Crippen LogP contribution is -2.27. The second kappa shape index (κ2) is 7.90. The van der Waals surface area contributed by atoms with Crippen molar-refractivity contribution < 1.29 is 9.53 Å². The summed E-state index contributed by atoms with van der Waals surface area (Å²) in [5.74, 6) is 0.973. The number of hydrogen-bond donors (Lipinski definition) is 1. The predicted octanol–water partition coefficient (Wildman–Crippen LogP) is 2.30. The smallest absolute Gasteiger partial charge is 0.253 e. The van der Waals surface area contributed by atoms with E-state index in [1.54, 1.807) is 0 Å². The Morgan fingerprint density at radius 2 is 1.95 bits per heavy atom. The van der Waals surface area contributed by atoms with Crippen LogP contribution in [0.4, 0.5) is 0 Å². The molecule has 0 unspecified atom stereocenters. The Hall–Kier alpha value is -1.55. The zero-order valence-electron chi connectivity index (χ0n) is 12.2. The number of hydrogen-bond acceptors (Lipinski definition) is 3. The lowest BCUT2D eigenvalue weighted by molar-refractivity contribution is 0.0793. The van der Waals surface area contributed by atoms with E-state index in [1.807, 2.05) is 29.2 Å². The number of nitrogens with zero attached hydrogens (tertiary/aromatic N) is 1. The fourth-order valence-corrected chi connectivity index (χ4v) is 2.36. The summed E-state index contributed by atoms with van der Waals surface area (Å²) >= 11 is 0. The molecule has 0 radical (unpaired) electrons. The van der Waals surface area contributed by atoms with Crippen molar-refractivity contribution in [1.29, 1.82) is 0 Å². The Balaban J connectivity index is 1.78. The van der Waals surface area contributed by atoms with Gasteiger partial charge in [-0.05, 0) is 56.6 Å². The highest BCUT2D eigenvalue weighted by molar-refractivity contribution is 5.94. The molecule has 2 rings (SSSR count). The first kappa shape index (κ1) is 14.9. The zero-order valence-corrected chi connectivity index (χ0v) is 12.2. The van der Waals surface area contributed by atoms with Crippen LogP contribution in [0.5, 0.6) is 5.75 Å². The fraction of sp³-hybridized carbons (Fsp3) is 0.562. The van der Waals surface area contributed by atoms with Crippen LogP contribution in [0.3, 0.4) is 0 Å². The van der Waals surface area contributed by atoms with Gasteiger partial charge in [-0.3, -0.25) is 4.79 Å². The molecule has 1 saturated heterocycles. The highest BCUT2D eigenvalue weighted by Crippen LogP contribution is 2.16. The van der Waals surface area contributed by atoms with Gasteiger partial charge in [0.25, 0.3) is 5.91 Å². The Kier molecular flexibility index (Phi) is 5.87. The number of carbonyl (C=O) groups is 1. The molecule has 0 aliphatic carbocycles. The van der Waals surface area contributed by atoms with Gasteiger partial charge in [0.2, 0.25) is 0 Å². The third-order valence-corrected chi connectivity index (χ3v) is 3.51. The molecule has 1 aliphatic heterocycles. The molecule has 4 nitrogen and oxygen atoms in total. The van der Waals surface area contributed by atoms with Gasteiger partial charge >= 0.3 is 0 Å². The van der Waals surface area contributed by atoms with Gasteiger partial charge in [0.05, 0.1) is 6.61 Å². The van der Waals surface area contributed by atoms with E-state index in [2.05, 4.69) is 12.2 Å². The molecule has 1 aliphatic rings. The molecule has 0 saturated carbocycles. The number of ether oxygens (including phenoxy) is 1. The van der Waals surface area contributed by atoms with Crippen LogP contribution >= 0.6 is 0 Å². The Labute approximate surface area is 121 Å². The van der Waals surface area contributed by atoms with Crippen LogP contribution in [0.2, 0.25) is 0 Å². The third-order valence-electron chi connectivity index (χ3n) is 3.51. The molecule has 1 fully saturated rings. The Bertz CT molecular complexity index is 411. The summed E-state index contributed by atoms with van der Waals surface area (Å²) in [6, 6.07) is 7.49. The third kappa shape index (κ3) is 4.23. The van der Waals surface area contributed by atoms with Crippen LogP contribution < -0.4 is 10.1 Å². The second-order valence-electron chi connectivity index (χ2n) is 5.08. The summed E-state index contributed by atoms with van der Waals surface area (Å²) in [6.07, 6.45) is 3.24. The molecule has 110 valence electrons. The highest BCUT2D eigenvalue weighted by Gasteiger charge is 2.19. The molecule has 0 aromatic heterocycles. The quantitative estimate of drug-likeness (QED) is 0.777. The van der Waals surface area contributed by atoms with Crippen molar-refractivity contribution in [3.05, 3.63) is 29.8 Å². The van der Waals surface area contributed by atoms with Crippen LogP contribution in [0.1, 0.15) is 36.5 Å². The maximum absolute atomic E-state index is 12.2. The topological polar surface area (TPSA) is 41.6 Å². The lowest BCUT2D eigenvalue weighted by atomic mass is 10.2. The molecule has 0 bridgehead atoms. The number of nitrogens with one attached hydrogen (secondary N) is 1. The Morgan fingerprint density at radius 3 is 2.60 bits per heavy atom. The minimum Gasteiger partial charge on any atom is -0.494 e. The van der Waals surface area contributed by atoms with Crippen molar-refractivity contribution in [2.75, 3.05) is 32.8 Å². The molecule has 4 heteroatoms. The van der Waals surface area contributed by atoms with Crippen molar-refractivity contribution in [2.45, 2.75) is 26.2 Å². The first-order chi connectivity index (χ1) is 9.81. The average molecular weight is 276 g/mol. The summed E-state index contributed by atoms with van der Waals surface area (Å²) in [5.41, 5.74) is 0.756. The van der Waals surface area contributed by atoms with Crippen molar-refractivity contribution in [2.24, 2.45) is 0 Å². The molecule has 0 atom stereocenters. The van der Waals surface area contributed by atoms with E-state index < -0.39 is 0 Å². The minimum absolute atomic E-state index is 0.140. The summed E-state index contributed by atoms with van der Waals surface area (Å²) in [6.45, 7) is 6.54. The zero-order chi connectivity index (χ0) is 14.2. The molecule has 0 spiro atoms. The number of carbonyl (C=O) groups excluding carboxylic acids is 1. The average Bonchev–Trinajstić information content (AvgIpc) is 3.01. The van der Waals surface area contributed by atoms with Crippen LogP contribution in [0, 0.1) is 0 Å². The van der Waals surface area contributed by atoms with E-state index in [9.17, 15) is 4.79 Å². The molecule has 1 aromatic carbocycles. The maximum atomic E-state index is 12.2. The standard InChI is InChI=1S/C16H24N2O2/c1-2-17-10-5-13-20-15-8-6-14(7-9-15)16(19)18-11-3-4-12-18/h6-9,17H,2-5,10-13H2,1H3. The van der Waals surface area contributed by atoms with Crippen molar-refractivity contribution in [3.8, 4) is 5.75 Å². The van der Waals surface area contributed by atoms with Gasteiger partial charge in [0, 0.05) is 18.7 Å². The summed E-state index contributed by atoms with van der Waals surface area (Å²) < 4.78 is 5.65. The predicted molar refractivity (Wildman–Crippen MR) is 80.2 cm³/mol. The number of benzene rings is 1. The van der Waals surface area contributed by atoms with E-state index >= 15 is 0 Å². The fourth-order valence-electron chi connectivity index (χ4n) is 2.36. The van der Waals surface area contributed by atoms with Gasteiger partial charge < -0.3 is 15.0 Å². The van der Waals surface area contributed by atoms with Crippen molar-refractivity contribution in [3.63, 3.8) is 0 Å². The van der Waals surface area contributed by atoms with Gasteiger partial charge in [-0.25, -0.2) is 0 Å². The van der Waals surface area contributed by atoms with Crippen LogP contribution in [-0.4, -0.2) is 43.6 Å². The number of rotatable bonds is 7. The summed E-state index contributed by atoms with van der Waals surface area (Å²) in [5, 5.41) is 3.26. The van der Waals surface area contributed by atoms with Gasteiger partial charge in [-0.1, -0.05) is 6.92 Å². The van der Waals surface area contributed by atoms with Crippen LogP contribution in [-0.2, 0) is 0 Å². The minimum atomic E-state index is 0.140. The molecule has 1 aromatic rings. The van der Waals surface area contributed by atoms with Gasteiger partial charge in [-0.2, -0.15) is 0 Å². The van der Waals surface area contributed by atoms with E-state index in [1.165, 1.54) is 0 Å². The molecular weight excluding hydrogens is 252 g/mol.